The van der Waals surface area contributed by atoms with E-state index in [9.17, 15) is 67.7 Å². The summed E-state index contributed by atoms with van der Waals surface area (Å²) in [5.74, 6) is -14.4. The highest BCUT2D eigenvalue weighted by molar-refractivity contribution is 5.99. The highest BCUT2D eigenvalue weighted by Gasteiger charge is 2.37. The first-order valence-corrected chi connectivity index (χ1v) is 31.8. The Morgan fingerprint density at radius 1 is 0.490 bits per heavy atom. The molecule has 0 unspecified atom stereocenters. The van der Waals surface area contributed by atoms with Crippen molar-refractivity contribution in [3.05, 3.63) is 18.2 Å². The number of nitrogens with one attached hydrogen (secondary N) is 10. The fourth-order valence-corrected chi connectivity index (χ4v) is 9.44. The molecule has 38 nitrogen and oxygen atoms in total. The van der Waals surface area contributed by atoms with Crippen LogP contribution in [0.1, 0.15) is 130 Å². The van der Waals surface area contributed by atoms with Crippen LogP contribution in [0.15, 0.2) is 27.5 Å². The van der Waals surface area contributed by atoms with Crippen molar-refractivity contribution in [2.45, 2.75) is 191 Å². The maximum Gasteiger partial charge on any atom is 0.326 e. The first-order chi connectivity index (χ1) is 44.9. The number of rotatable bonds is 49. The first-order valence-electron chi connectivity index (χ1n) is 31.8. The summed E-state index contributed by atoms with van der Waals surface area (Å²) in [6.07, 6.45) is 2.86. The molecular formula is C58H107N24O14+. The molecule has 0 aromatic carbocycles. The maximum atomic E-state index is 14.8. The third-order valence-corrected chi connectivity index (χ3v) is 14.5. The number of nitrogens with two attached hydrogens (primary N) is 9. The quantitative estimate of drug-likeness (QED) is 0.0125. The zero-order chi connectivity index (χ0) is 72.8. The van der Waals surface area contributed by atoms with Crippen LogP contribution in [0.3, 0.4) is 0 Å². The molecule has 0 fully saturated rings. The molecule has 0 aliphatic carbocycles. The monoisotopic (exact) mass is 1360 g/mol. The Kier molecular flexibility index (Phi) is 39.0. The molecule has 0 saturated heterocycles. The summed E-state index contributed by atoms with van der Waals surface area (Å²) >= 11 is 0. The Hall–Kier alpha value is -9.46. The van der Waals surface area contributed by atoms with E-state index in [2.05, 4.69) is 67.5 Å². The number of carbonyl (C=O) groups is 12. The Labute approximate surface area is 558 Å². The highest BCUT2D eigenvalue weighted by Crippen LogP contribution is 2.14. The number of carboxylic acids is 2. The number of unbranched alkanes of at least 4 members (excludes halogenated alkanes) is 2. The van der Waals surface area contributed by atoms with E-state index in [1.807, 2.05) is 26.5 Å². The zero-order valence-corrected chi connectivity index (χ0v) is 56.2. The number of amides is 10. The van der Waals surface area contributed by atoms with Crippen LogP contribution in [-0.2, 0) is 64.0 Å². The number of aromatic nitrogens is 2. The molecule has 0 radical (unpaired) electrons. The average molecular weight is 1360 g/mol. The van der Waals surface area contributed by atoms with Gasteiger partial charge in [-0.3, -0.25) is 67.7 Å². The largest absolute Gasteiger partial charge is 0.481 e. The van der Waals surface area contributed by atoms with Gasteiger partial charge in [0.05, 0.1) is 52.9 Å². The molecule has 1 heterocycles. The minimum absolute atomic E-state index is 0.00136. The summed E-state index contributed by atoms with van der Waals surface area (Å²) in [7, 11) is 5.90. The van der Waals surface area contributed by atoms with Crippen molar-refractivity contribution in [3.63, 3.8) is 0 Å². The second kappa shape index (κ2) is 44.3. The van der Waals surface area contributed by atoms with Crippen molar-refractivity contribution >= 4 is 88.9 Å². The van der Waals surface area contributed by atoms with Gasteiger partial charge >= 0.3 is 11.9 Å². The van der Waals surface area contributed by atoms with Crippen LogP contribution >= 0.6 is 0 Å². The predicted octanol–water partition coefficient (Wildman–Crippen LogP) is -7.05. The van der Waals surface area contributed by atoms with Crippen molar-refractivity contribution in [3.8, 4) is 0 Å². The van der Waals surface area contributed by atoms with Gasteiger partial charge in [-0.25, -0.2) is 9.78 Å². The lowest BCUT2D eigenvalue weighted by Gasteiger charge is -2.30. The molecule has 0 aliphatic rings. The molecule has 38 heteroatoms. The van der Waals surface area contributed by atoms with Gasteiger partial charge in [0.2, 0.25) is 59.1 Å². The van der Waals surface area contributed by atoms with E-state index in [0.29, 0.717) is 48.9 Å². The molecule has 96 heavy (non-hydrogen) atoms. The zero-order valence-electron chi connectivity index (χ0n) is 56.2. The van der Waals surface area contributed by atoms with Crippen molar-refractivity contribution in [1.29, 1.82) is 0 Å². The molecule has 1 aromatic rings. The summed E-state index contributed by atoms with van der Waals surface area (Å²) < 4.78 is 0.554. The standard InChI is InChI=1S/C58H106N24O14/c1-31(2)25-39(51(91)75-38(19-14-23-71-58(66)67)49(89)78-41(28-44(84)85)53(93)80-42(55(95)96)27-43(61)83)79-54(94)45(32(3)4)81-50(90)35(16-9-11-24-82(5,6)7)74-47(87)37(18-13-22-70-57(64)65)76-52(92)40(26-33-29-68-30-72-33)77-48(88)36(17-12-21-69-56(62)63)73-46(86)34(60)15-8-10-20-59/h29-32,34-42,45H,8-28,59-60H2,1-7H3,(H25-,61,62,63,64,65,66,67,68,69,70,71,72,73,74,75,76,77,78,79,80,81,83,84,85,86,87,88,89,90,91,92,93,94,95,96)/p+1/t34-,35-,36-,37-,38-,39-,40-,41-,42-,45-/m0/s1. The van der Waals surface area contributed by atoms with E-state index in [1.165, 1.54) is 12.5 Å². The fraction of sp³-hybridized carbons (Fsp3) is 0.690. The maximum absolute atomic E-state index is 14.8. The summed E-state index contributed by atoms with van der Waals surface area (Å²) in [5.41, 5.74) is 50.5. The Bertz CT molecular complexity index is 2780. The van der Waals surface area contributed by atoms with Crippen LogP contribution in [0, 0.1) is 11.8 Å². The molecule has 10 atom stereocenters. The van der Waals surface area contributed by atoms with Gasteiger partial charge in [-0.1, -0.05) is 34.1 Å². The number of aliphatic imine (C=N–C) groups is 3. The number of guanidine groups is 3. The van der Waals surface area contributed by atoms with E-state index in [1.54, 1.807) is 27.7 Å². The van der Waals surface area contributed by atoms with E-state index in [4.69, 9.17) is 51.6 Å². The number of imidazole rings is 1. The number of primary amides is 1. The average Bonchev–Trinajstić information content (AvgIpc) is 1.07. The number of hydrogen-bond acceptors (Lipinski definition) is 18. The van der Waals surface area contributed by atoms with E-state index in [0.717, 1.165) is 0 Å². The first kappa shape index (κ1) is 84.6. The highest BCUT2D eigenvalue weighted by atomic mass is 16.4. The summed E-state index contributed by atoms with van der Waals surface area (Å²) in [5, 5.41) is 42.2. The topological polar surface area (TPSA) is 654 Å². The van der Waals surface area contributed by atoms with Crippen LogP contribution in [0.4, 0.5) is 0 Å². The molecular weight excluding hydrogens is 1260 g/mol. The van der Waals surface area contributed by atoms with Crippen LogP contribution < -0.4 is 99.5 Å². The number of hydrogen-bond donors (Lipinski definition) is 21. The molecule has 0 bridgehead atoms. The SMILES string of the molecule is CC(C)C[C@H](NC(=O)[C@@H](NC(=O)[C@H](CCCC[N+](C)(C)C)NC(=O)[C@H](CCCN=C(N)N)NC(=O)[C@H](Cc1cnc[nH]1)NC(=O)[C@H](CCCN=C(N)N)NC(=O)[C@@H](N)CCCCN)C(C)C)C(=O)N[C@@H](CCCN=C(N)N)C(=O)N[C@@H](CC(=O)O)C(=O)N[C@@H](CC(N)=O)C(=O)O. The fourth-order valence-electron chi connectivity index (χ4n) is 9.44. The van der Waals surface area contributed by atoms with Crippen molar-refractivity contribution < 1.29 is 72.2 Å². The number of quaternary nitrogens is 1. The van der Waals surface area contributed by atoms with Crippen molar-refractivity contribution in [2.75, 3.05) is 53.9 Å². The summed E-state index contributed by atoms with van der Waals surface area (Å²) in [4.78, 5) is 182. The van der Waals surface area contributed by atoms with Gasteiger partial charge in [0.1, 0.15) is 54.4 Å². The molecule has 0 aliphatic heterocycles. The molecule has 1 aromatic heterocycles. The van der Waals surface area contributed by atoms with Crippen molar-refractivity contribution in [1.82, 2.24) is 57.8 Å². The van der Waals surface area contributed by atoms with Crippen LogP contribution in [0.25, 0.3) is 0 Å². The predicted molar refractivity (Wildman–Crippen MR) is 355 cm³/mol. The molecule has 0 saturated carbocycles. The Balaban J connectivity index is 3.82. The smallest absolute Gasteiger partial charge is 0.326 e. The van der Waals surface area contributed by atoms with Gasteiger partial charge in [-0.05, 0) is 95.4 Å². The summed E-state index contributed by atoms with van der Waals surface area (Å²) in [6, 6.07) is -14.8. The van der Waals surface area contributed by atoms with Gasteiger partial charge in [-0.2, -0.15) is 0 Å². The van der Waals surface area contributed by atoms with Gasteiger partial charge in [0.25, 0.3) is 0 Å². The second-order valence-corrected chi connectivity index (χ2v) is 25.0. The molecule has 0 spiro atoms. The second-order valence-electron chi connectivity index (χ2n) is 25.0. The number of carboxylic acid groups (broad SMARTS) is 2. The third kappa shape index (κ3) is 36.3. The minimum Gasteiger partial charge on any atom is -0.481 e. The van der Waals surface area contributed by atoms with Crippen molar-refractivity contribution in [2.24, 2.45) is 78.4 Å². The lowest BCUT2D eigenvalue weighted by atomic mass is 9.98. The van der Waals surface area contributed by atoms with Gasteiger partial charge < -0.3 is 119 Å². The third-order valence-electron chi connectivity index (χ3n) is 14.5. The molecule has 30 N–H and O–H groups in total. The molecule has 542 valence electrons. The van der Waals surface area contributed by atoms with Gasteiger partial charge in [0, 0.05) is 37.9 Å². The lowest BCUT2D eigenvalue weighted by Crippen LogP contribution is -2.61. The Morgan fingerprint density at radius 3 is 1.29 bits per heavy atom. The normalized spacial score (nSPS) is 14.4. The molecule has 1 rings (SSSR count). The number of H-pyrrole nitrogens is 1. The number of carbonyl (C=O) groups excluding carboxylic acids is 10. The van der Waals surface area contributed by atoms with Crippen LogP contribution in [-0.4, -0.2) is 228 Å². The minimum atomic E-state index is -1.95. The lowest BCUT2D eigenvalue weighted by molar-refractivity contribution is -0.870. The number of aromatic amines is 1. The van der Waals surface area contributed by atoms with E-state index in [-0.39, 0.29) is 108 Å². The number of nitrogens with zero attached hydrogens (tertiary/aromatic N) is 5. The van der Waals surface area contributed by atoms with Crippen LogP contribution in [0.5, 0.6) is 0 Å². The van der Waals surface area contributed by atoms with E-state index >= 15 is 0 Å². The van der Waals surface area contributed by atoms with Gasteiger partial charge in [0.15, 0.2) is 17.9 Å². The number of aliphatic carboxylic acids is 2. The summed E-state index contributed by atoms with van der Waals surface area (Å²) in [6.45, 7) is 7.71. The van der Waals surface area contributed by atoms with Crippen LogP contribution in [0.2, 0.25) is 0 Å². The van der Waals surface area contributed by atoms with E-state index < -0.39 is 150 Å². The molecule has 10 amide bonds. The Morgan fingerprint density at radius 2 is 0.885 bits per heavy atom. The van der Waals surface area contributed by atoms with Gasteiger partial charge in [-0.15, -0.1) is 0 Å².